The molecule has 0 aliphatic rings. The Kier molecular flexibility index (Phi) is 5.82. The van der Waals surface area contributed by atoms with E-state index in [2.05, 4.69) is 6.07 Å². The van der Waals surface area contributed by atoms with Gasteiger partial charge in [-0.3, -0.25) is 0 Å². The quantitative estimate of drug-likeness (QED) is 0.146. The second-order valence-corrected chi connectivity index (χ2v) is 6.82. The molecule has 0 saturated carbocycles. The molecular weight excluding hydrogens is 406 g/mol. The van der Waals surface area contributed by atoms with Gasteiger partial charge in [0.2, 0.25) is 0 Å². The van der Waals surface area contributed by atoms with Gasteiger partial charge in [0, 0.05) is 5.39 Å². The van der Waals surface area contributed by atoms with E-state index in [9.17, 15) is 14.9 Å². The van der Waals surface area contributed by atoms with Crippen molar-refractivity contribution in [3.63, 3.8) is 0 Å². The van der Waals surface area contributed by atoms with Crippen LogP contribution in [0.2, 0.25) is 0 Å². The summed E-state index contributed by atoms with van der Waals surface area (Å²) in [5.74, 6) is -0.434. The molecule has 1 heterocycles. The first-order valence-corrected chi connectivity index (χ1v) is 9.69. The molecule has 1 aromatic heterocycles. The lowest BCUT2D eigenvalue weighted by Gasteiger charge is -2.10. The van der Waals surface area contributed by atoms with Crippen molar-refractivity contribution in [3.8, 4) is 17.6 Å². The fourth-order valence-electron chi connectivity index (χ4n) is 3.18. The van der Waals surface area contributed by atoms with E-state index in [-0.39, 0.29) is 17.1 Å². The molecule has 4 rings (SSSR count). The van der Waals surface area contributed by atoms with Crippen LogP contribution in [-0.4, -0.2) is 13.1 Å². The van der Waals surface area contributed by atoms with Gasteiger partial charge in [-0.05, 0) is 41.5 Å². The summed E-state index contributed by atoms with van der Waals surface area (Å²) >= 11 is 0. The van der Waals surface area contributed by atoms with Crippen molar-refractivity contribution < 1.29 is 18.7 Å². The third-order valence-electron chi connectivity index (χ3n) is 4.77. The number of para-hydroxylation sites is 1. The Morgan fingerprint density at radius 2 is 1.72 bits per heavy atom. The predicted molar refractivity (Wildman–Crippen MR) is 120 cm³/mol. The van der Waals surface area contributed by atoms with Crippen LogP contribution >= 0.6 is 0 Å². The largest absolute Gasteiger partial charge is 0.493 e. The number of nitriles is 1. The van der Waals surface area contributed by atoms with Gasteiger partial charge in [-0.2, -0.15) is 5.26 Å². The molecule has 0 unspecified atom stereocenters. The van der Waals surface area contributed by atoms with Crippen molar-refractivity contribution in [3.05, 3.63) is 106 Å². The van der Waals surface area contributed by atoms with Crippen molar-refractivity contribution in [2.45, 2.75) is 0 Å². The molecule has 156 valence electrons. The molecule has 0 saturated heterocycles. The normalized spacial score (nSPS) is 11.1. The second-order valence-electron chi connectivity index (χ2n) is 6.82. The highest BCUT2D eigenvalue weighted by Gasteiger charge is 2.18. The van der Waals surface area contributed by atoms with Crippen LogP contribution in [0.5, 0.6) is 11.5 Å². The van der Waals surface area contributed by atoms with Gasteiger partial charge in [-0.1, -0.05) is 54.6 Å². The summed E-state index contributed by atoms with van der Waals surface area (Å²) < 4.78 is 16.0. The second kappa shape index (κ2) is 9.02. The van der Waals surface area contributed by atoms with Crippen molar-refractivity contribution in [2.24, 2.45) is 0 Å². The Bertz CT molecular complexity index is 1430. The number of carbonyl (C=O) groups excluding carboxylic acids is 1. The average Bonchev–Trinajstić information content (AvgIpc) is 2.83. The van der Waals surface area contributed by atoms with Gasteiger partial charge in [0.15, 0.2) is 11.5 Å². The highest BCUT2D eigenvalue weighted by Crippen LogP contribution is 2.30. The van der Waals surface area contributed by atoms with Crippen molar-refractivity contribution in [1.82, 2.24) is 0 Å². The molecule has 0 N–H and O–H groups in total. The molecule has 6 heteroatoms. The number of rotatable bonds is 5. The molecule has 0 bridgehead atoms. The smallest absolute Gasteiger partial charge is 0.351 e. The van der Waals surface area contributed by atoms with Gasteiger partial charge < -0.3 is 13.9 Å². The minimum atomic E-state index is -0.854. The van der Waals surface area contributed by atoms with Crippen molar-refractivity contribution >= 4 is 28.6 Å². The van der Waals surface area contributed by atoms with E-state index >= 15 is 0 Å². The molecule has 0 amide bonds. The summed E-state index contributed by atoms with van der Waals surface area (Å²) in [7, 11) is 1.44. The number of fused-ring (bicyclic) bond motifs is 1. The fourth-order valence-corrected chi connectivity index (χ4v) is 3.18. The molecule has 32 heavy (non-hydrogen) atoms. The summed E-state index contributed by atoms with van der Waals surface area (Å²) in [6, 6.07) is 24.7. The molecule has 0 spiro atoms. The summed E-state index contributed by atoms with van der Waals surface area (Å²) in [5.41, 5.74) is 1.33. The van der Waals surface area contributed by atoms with Crippen LogP contribution in [0, 0.1) is 11.3 Å². The van der Waals surface area contributed by atoms with Crippen LogP contribution in [-0.2, 0) is 0 Å². The van der Waals surface area contributed by atoms with E-state index < -0.39 is 11.6 Å². The first kappa shape index (κ1) is 20.6. The van der Waals surface area contributed by atoms with E-state index in [1.165, 1.54) is 13.2 Å². The topological polar surface area (TPSA) is 89.5 Å². The fraction of sp³-hybridized carbons (Fsp3) is 0.0385. The highest BCUT2D eigenvalue weighted by molar-refractivity contribution is 5.94. The predicted octanol–water partition coefficient (Wildman–Crippen LogP) is 5.08. The third-order valence-corrected chi connectivity index (χ3v) is 4.77. The number of methoxy groups -OCH3 is 1. The molecule has 0 aliphatic carbocycles. The molecular formula is C26H17NO5. The first-order valence-electron chi connectivity index (χ1n) is 9.69. The van der Waals surface area contributed by atoms with Gasteiger partial charge in [0.25, 0.3) is 0 Å². The molecule has 0 fully saturated rings. The van der Waals surface area contributed by atoms with Crippen LogP contribution in [0.1, 0.15) is 21.5 Å². The SMILES string of the molecule is COc1cc(/C=C(/C#N)c2ccccc2)ccc1OC(=O)c1cc2ccccc2oc1=O. The number of benzene rings is 3. The minimum absolute atomic E-state index is 0.139. The summed E-state index contributed by atoms with van der Waals surface area (Å²) in [4.78, 5) is 24.9. The van der Waals surface area contributed by atoms with Gasteiger partial charge in [-0.15, -0.1) is 0 Å². The first-order chi connectivity index (χ1) is 15.6. The lowest BCUT2D eigenvalue weighted by atomic mass is 10.0. The number of hydrogen-bond donors (Lipinski definition) is 0. The van der Waals surface area contributed by atoms with Crippen LogP contribution < -0.4 is 15.1 Å². The molecule has 3 aromatic carbocycles. The Balaban J connectivity index is 1.63. The van der Waals surface area contributed by atoms with Crippen LogP contribution in [0.15, 0.2) is 88.1 Å². The van der Waals surface area contributed by atoms with E-state index in [1.54, 1.807) is 48.5 Å². The zero-order valence-electron chi connectivity index (χ0n) is 17.1. The monoisotopic (exact) mass is 423 g/mol. The Morgan fingerprint density at radius 3 is 2.47 bits per heavy atom. The average molecular weight is 423 g/mol. The molecule has 6 nitrogen and oxygen atoms in total. The maximum Gasteiger partial charge on any atom is 0.351 e. The minimum Gasteiger partial charge on any atom is -0.493 e. The lowest BCUT2D eigenvalue weighted by molar-refractivity contribution is 0.0725. The van der Waals surface area contributed by atoms with Crippen LogP contribution in [0.3, 0.4) is 0 Å². The number of hydrogen-bond acceptors (Lipinski definition) is 6. The number of allylic oxidation sites excluding steroid dienone is 1. The molecule has 0 radical (unpaired) electrons. The van der Waals surface area contributed by atoms with E-state index in [0.29, 0.717) is 22.1 Å². The zero-order chi connectivity index (χ0) is 22.5. The van der Waals surface area contributed by atoms with Crippen LogP contribution in [0.25, 0.3) is 22.6 Å². The maximum absolute atomic E-state index is 12.6. The Labute approximate surface area is 183 Å². The number of carbonyl (C=O) groups is 1. The molecule has 0 atom stereocenters. The summed E-state index contributed by atoms with van der Waals surface area (Å²) in [6.07, 6.45) is 1.71. The number of esters is 1. The Hall–Kier alpha value is -4.63. The standard InChI is InChI=1S/C26H17NO5/c1-30-24-14-17(13-20(16-27)18-7-3-2-4-8-18)11-12-23(24)32-26(29)21-15-19-9-5-6-10-22(19)31-25(21)28/h2-15H,1H3/b20-13-. The van der Waals surface area contributed by atoms with E-state index in [4.69, 9.17) is 13.9 Å². The van der Waals surface area contributed by atoms with Gasteiger partial charge in [0.05, 0.1) is 18.8 Å². The zero-order valence-corrected chi connectivity index (χ0v) is 17.1. The van der Waals surface area contributed by atoms with Gasteiger partial charge in [-0.25, -0.2) is 9.59 Å². The third kappa shape index (κ3) is 4.27. The highest BCUT2D eigenvalue weighted by atomic mass is 16.6. The van der Waals surface area contributed by atoms with Crippen LogP contribution in [0.4, 0.5) is 0 Å². The maximum atomic E-state index is 12.6. The van der Waals surface area contributed by atoms with Crippen molar-refractivity contribution in [2.75, 3.05) is 7.11 Å². The number of ether oxygens (including phenoxy) is 2. The molecule has 4 aromatic rings. The number of nitrogens with zero attached hydrogens (tertiary/aromatic N) is 1. The van der Waals surface area contributed by atoms with Gasteiger partial charge >= 0.3 is 11.6 Å². The van der Waals surface area contributed by atoms with Crippen molar-refractivity contribution in [1.29, 1.82) is 5.26 Å². The van der Waals surface area contributed by atoms with E-state index in [0.717, 1.165) is 5.56 Å². The summed E-state index contributed by atoms with van der Waals surface area (Å²) in [6.45, 7) is 0. The lowest BCUT2D eigenvalue weighted by Crippen LogP contribution is -2.19. The Morgan fingerprint density at radius 1 is 0.969 bits per heavy atom. The van der Waals surface area contributed by atoms with Gasteiger partial charge in [0.1, 0.15) is 11.1 Å². The van der Waals surface area contributed by atoms with E-state index in [1.807, 2.05) is 30.3 Å². The summed E-state index contributed by atoms with van der Waals surface area (Å²) in [5, 5.41) is 10.1. The molecule has 0 aliphatic heterocycles.